The van der Waals surface area contributed by atoms with Gasteiger partial charge >= 0.3 is 0 Å². The first-order chi connectivity index (χ1) is 9.40. The Morgan fingerprint density at radius 1 is 1.30 bits per heavy atom. The second-order valence-corrected chi connectivity index (χ2v) is 7.75. The summed E-state index contributed by atoms with van der Waals surface area (Å²) in [5, 5.41) is 0. The smallest absolute Gasteiger partial charge is 0.250 e. The van der Waals surface area contributed by atoms with Crippen LogP contribution >= 0.6 is 23.6 Å². The summed E-state index contributed by atoms with van der Waals surface area (Å²) in [6, 6.07) is 10.8. The number of aryl methyl sites for hydroxylation is 1. The van der Waals surface area contributed by atoms with Crippen molar-refractivity contribution in [3.63, 3.8) is 0 Å². The third kappa shape index (κ3) is 3.43. The van der Waals surface area contributed by atoms with Crippen LogP contribution in [0.2, 0.25) is 0 Å². The van der Waals surface area contributed by atoms with E-state index >= 15 is 0 Å². The van der Waals surface area contributed by atoms with E-state index in [9.17, 15) is 8.42 Å². The van der Waals surface area contributed by atoms with Crippen molar-refractivity contribution in [2.45, 2.75) is 17.7 Å². The zero-order chi connectivity index (χ0) is 14.8. The highest BCUT2D eigenvalue weighted by Crippen LogP contribution is 2.21. The summed E-state index contributed by atoms with van der Waals surface area (Å²) in [7, 11) is -3.53. The van der Waals surface area contributed by atoms with E-state index in [2.05, 4.69) is 4.72 Å². The molecule has 0 amide bonds. The van der Waals surface area contributed by atoms with Crippen LogP contribution in [0.25, 0.3) is 0 Å². The molecule has 0 aliphatic carbocycles. The molecule has 1 aromatic carbocycles. The van der Waals surface area contributed by atoms with E-state index in [1.165, 1.54) is 6.07 Å². The van der Waals surface area contributed by atoms with Crippen LogP contribution in [-0.2, 0) is 16.6 Å². The second-order valence-electron chi connectivity index (χ2n) is 4.23. The fourth-order valence-electron chi connectivity index (χ4n) is 1.65. The number of sulfonamides is 1. The minimum atomic E-state index is -3.53. The maximum Gasteiger partial charge on any atom is 0.250 e. The molecule has 2 aromatic rings. The van der Waals surface area contributed by atoms with Gasteiger partial charge in [0.05, 0.1) is 4.88 Å². The molecule has 0 aliphatic heterocycles. The lowest BCUT2D eigenvalue weighted by Crippen LogP contribution is -2.22. The van der Waals surface area contributed by atoms with E-state index in [4.69, 9.17) is 18.0 Å². The van der Waals surface area contributed by atoms with Gasteiger partial charge in [-0.25, -0.2) is 13.1 Å². The molecule has 0 spiro atoms. The fourth-order valence-corrected chi connectivity index (χ4v) is 4.05. The van der Waals surface area contributed by atoms with Crippen molar-refractivity contribution in [2.75, 3.05) is 0 Å². The lowest BCUT2D eigenvalue weighted by molar-refractivity contribution is 0.583. The Balaban J connectivity index is 2.15. The molecule has 106 valence electrons. The van der Waals surface area contributed by atoms with Crippen LogP contribution in [0.1, 0.15) is 16.0 Å². The molecule has 1 heterocycles. The maximum atomic E-state index is 12.2. The average Bonchev–Trinajstić information content (AvgIpc) is 2.88. The van der Waals surface area contributed by atoms with Crippen LogP contribution in [0, 0.1) is 6.92 Å². The molecule has 0 unspecified atom stereocenters. The molecule has 0 bridgehead atoms. The van der Waals surface area contributed by atoms with Gasteiger partial charge in [0.25, 0.3) is 0 Å². The Bertz CT molecular complexity index is 736. The standard InChI is InChI=1S/C13H14N2O2S3/c1-9-4-2-3-5-10(9)8-15-20(16,17)12-7-6-11(19-12)13(14)18/h2-7,15H,8H2,1H3,(H2,14,18). The minimum Gasteiger partial charge on any atom is -0.389 e. The highest BCUT2D eigenvalue weighted by molar-refractivity contribution is 7.91. The van der Waals surface area contributed by atoms with Gasteiger partial charge in [-0.05, 0) is 30.2 Å². The minimum absolute atomic E-state index is 0.204. The highest BCUT2D eigenvalue weighted by Gasteiger charge is 2.17. The van der Waals surface area contributed by atoms with E-state index in [1.54, 1.807) is 6.07 Å². The first kappa shape index (κ1) is 15.1. The van der Waals surface area contributed by atoms with Crippen molar-refractivity contribution in [3.05, 3.63) is 52.4 Å². The summed E-state index contributed by atoms with van der Waals surface area (Å²) in [6.45, 7) is 2.20. The van der Waals surface area contributed by atoms with Gasteiger partial charge in [-0.15, -0.1) is 11.3 Å². The van der Waals surface area contributed by atoms with Gasteiger partial charge in [-0.1, -0.05) is 36.5 Å². The Morgan fingerprint density at radius 2 is 2.00 bits per heavy atom. The molecule has 0 fully saturated rings. The topological polar surface area (TPSA) is 72.2 Å². The van der Waals surface area contributed by atoms with E-state index in [0.29, 0.717) is 4.88 Å². The molecule has 20 heavy (non-hydrogen) atoms. The molecule has 0 atom stereocenters. The summed E-state index contributed by atoms with van der Waals surface area (Å²) >= 11 is 5.90. The van der Waals surface area contributed by atoms with Crippen LogP contribution in [0.5, 0.6) is 0 Å². The van der Waals surface area contributed by atoms with Crippen LogP contribution in [-0.4, -0.2) is 13.4 Å². The maximum absolute atomic E-state index is 12.2. The average molecular weight is 326 g/mol. The molecule has 7 heteroatoms. The van der Waals surface area contributed by atoms with Gasteiger partial charge in [-0.3, -0.25) is 0 Å². The molecule has 0 saturated carbocycles. The van der Waals surface area contributed by atoms with Crippen LogP contribution in [0.3, 0.4) is 0 Å². The number of nitrogens with two attached hydrogens (primary N) is 1. The summed E-state index contributed by atoms with van der Waals surface area (Å²) in [6.07, 6.45) is 0. The summed E-state index contributed by atoms with van der Waals surface area (Å²) in [5.41, 5.74) is 7.47. The Kier molecular flexibility index (Phi) is 4.54. The number of thiocarbonyl (C=S) groups is 1. The molecule has 0 aliphatic rings. The van der Waals surface area contributed by atoms with Crippen LogP contribution < -0.4 is 10.5 Å². The SMILES string of the molecule is Cc1ccccc1CNS(=O)(=O)c1ccc(C(N)=S)s1. The molecule has 1 aromatic heterocycles. The first-order valence-electron chi connectivity index (χ1n) is 5.84. The molecule has 0 saturated heterocycles. The summed E-state index contributed by atoms with van der Waals surface area (Å²) in [5.74, 6) is 0. The van der Waals surface area contributed by atoms with Crippen molar-refractivity contribution in [1.82, 2.24) is 4.72 Å². The zero-order valence-corrected chi connectivity index (χ0v) is 13.2. The van der Waals surface area contributed by atoms with E-state index in [-0.39, 0.29) is 15.7 Å². The second kappa shape index (κ2) is 6.01. The number of benzene rings is 1. The van der Waals surface area contributed by atoms with Gasteiger partial charge in [0.2, 0.25) is 10.0 Å². The molecular formula is C13H14N2O2S3. The molecule has 0 radical (unpaired) electrons. The predicted octanol–water partition coefficient (Wildman–Crippen LogP) is 2.17. The van der Waals surface area contributed by atoms with Crippen molar-refractivity contribution >= 4 is 38.6 Å². The number of hydrogen-bond acceptors (Lipinski definition) is 4. The molecule has 4 nitrogen and oxygen atoms in total. The van der Waals surface area contributed by atoms with Gasteiger partial charge in [0.1, 0.15) is 9.20 Å². The third-order valence-corrected chi connectivity index (χ3v) is 6.16. The lowest BCUT2D eigenvalue weighted by atomic mass is 10.1. The van der Waals surface area contributed by atoms with Crippen LogP contribution in [0.15, 0.2) is 40.6 Å². The van der Waals surface area contributed by atoms with Crippen molar-refractivity contribution in [3.8, 4) is 0 Å². The lowest BCUT2D eigenvalue weighted by Gasteiger charge is -2.07. The number of thiophene rings is 1. The third-order valence-electron chi connectivity index (χ3n) is 2.80. The quantitative estimate of drug-likeness (QED) is 0.826. The fraction of sp³-hybridized carbons (Fsp3) is 0.154. The normalized spacial score (nSPS) is 11.4. The van der Waals surface area contributed by atoms with E-state index in [0.717, 1.165) is 22.5 Å². The van der Waals surface area contributed by atoms with Crippen molar-refractivity contribution in [1.29, 1.82) is 0 Å². The Hall–Kier alpha value is -1.28. The predicted molar refractivity (Wildman–Crippen MR) is 85.4 cm³/mol. The van der Waals surface area contributed by atoms with Gasteiger partial charge in [-0.2, -0.15) is 0 Å². The first-order valence-corrected chi connectivity index (χ1v) is 8.55. The van der Waals surface area contributed by atoms with Crippen molar-refractivity contribution in [2.24, 2.45) is 5.73 Å². The number of rotatable bonds is 5. The van der Waals surface area contributed by atoms with E-state index in [1.807, 2.05) is 31.2 Å². The van der Waals surface area contributed by atoms with Crippen LogP contribution in [0.4, 0.5) is 0 Å². The molecular weight excluding hydrogens is 312 g/mol. The highest BCUT2D eigenvalue weighted by atomic mass is 32.2. The van der Waals surface area contributed by atoms with Gasteiger partial charge < -0.3 is 5.73 Å². The summed E-state index contributed by atoms with van der Waals surface area (Å²) in [4.78, 5) is 0.798. The molecule has 3 N–H and O–H groups in total. The zero-order valence-electron chi connectivity index (χ0n) is 10.8. The Labute approximate surface area is 127 Å². The van der Waals surface area contributed by atoms with Crippen molar-refractivity contribution < 1.29 is 8.42 Å². The number of hydrogen-bond donors (Lipinski definition) is 2. The van der Waals surface area contributed by atoms with E-state index < -0.39 is 10.0 Å². The summed E-state index contributed by atoms with van der Waals surface area (Å²) < 4.78 is 27.1. The Morgan fingerprint density at radius 3 is 2.60 bits per heavy atom. The largest absolute Gasteiger partial charge is 0.389 e. The number of nitrogens with one attached hydrogen (secondary N) is 1. The van der Waals surface area contributed by atoms with Gasteiger partial charge in [0, 0.05) is 6.54 Å². The molecule has 2 rings (SSSR count). The van der Waals surface area contributed by atoms with Gasteiger partial charge in [0.15, 0.2) is 0 Å². The monoisotopic (exact) mass is 326 g/mol.